The van der Waals surface area contributed by atoms with Crippen molar-refractivity contribution < 1.29 is 22.7 Å². The summed E-state index contributed by atoms with van der Waals surface area (Å²) in [7, 11) is 0. The average molecular weight is 346 g/mol. The van der Waals surface area contributed by atoms with E-state index < -0.39 is 24.9 Å². The number of carbonyl (C=O) groups is 1. The van der Waals surface area contributed by atoms with Crippen molar-refractivity contribution in [3.05, 3.63) is 12.3 Å². The molecule has 0 saturated carbocycles. The molecule has 0 aliphatic carbocycles. The Balaban J connectivity index is 1.92. The van der Waals surface area contributed by atoms with E-state index in [-0.39, 0.29) is 0 Å². The summed E-state index contributed by atoms with van der Waals surface area (Å²) in [4.78, 5) is 23.9. The zero-order chi connectivity index (χ0) is 17.6. The zero-order valence-corrected chi connectivity index (χ0v) is 13.6. The van der Waals surface area contributed by atoms with Gasteiger partial charge in [0.05, 0.1) is 13.0 Å². The lowest BCUT2D eigenvalue weighted by Crippen LogP contribution is -2.36. The van der Waals surface area contributed by atoms with E-state index in [4.69, 9.17) is 4.74 Å². The van der Waals surface area contributed by atoms with E-state index in [2.05, 4.69) is 9.97 Å². The molecule has 0 aromatic carbocycles. The largest absolute Gasteiger partial charge is 0.478 e. The van der Waals surface area contributed by atoms with Crippen molar-refractivity contribution in [2.75, 3.05) is 37.7 Å². The maximum Gasteiger partial charge on any atom is 0.389 e. The molecule has 0 spiro atoms. The fourth-order valence-electron chi connectivity index (χ4n) is 2.49. The van der Waals surface area contributed by atoms with Crippen molar-refractivity contribution in [1.82, 2.24) is 14.9 Å². The van der Waals surface area contributed by atoms with Crippen LogP contribution >= 0.6 is 0 Å². The summed E-state index contributed by atoms with van der Waals surface area (Å²) >= 11 is 0. The third-order valence-electron chi connectivity index (χ3n) is 3.66. The first kappa shape index (κ1) is 18.3. The number of anilines is 1. The quantitative estimate of drug-likeness (QED) is 0.818. The highest BCUT2D eigenvalue weighted by molar-refractivity contribution is 5.76. The number of rotatable bonds is 5. The Morgan fingerprint density at radius 1 is 1.29 bits per heavy atom. The van der Waals surface area contributed by atoms with Crippen LogP contribution in [0.2, 0.25) is 0 Å². The highest BCUT2D eigenvalue weighted by Gasteiger charge is 2.29. The Morgan fingerprint density at radius 3 is 2.79 bits per heavy atom. The Morgan fingerprint density at radius 2 is 2.08 bits per heavy atom. The van der Waals surface area contributed by atoms with Gasteiger partial charge in [-0.3, -0.25) is 4.79 Å². The smallest absolute Gasteiger partial charge is 0.389 e. The summed E-state index contributed by atoms with van der Waals surface area (Å²) < 4.78 is 42.1. The Hall–Kier alpha value is -2.06. The van der Waals surface area contributed by atoms with Gasteiger partial charge in [0.1, 0.15) is 0 Å². The fraction of sp³-hybridized carbons (Fsp3) is 0.667. The molecule has 1 saturated heterocycles. The van der Waals surface area contributed by atoms with Crippen LogP contribution in [0.3, 0.4) is 0 Å². The zero-order valence-electron chi connectivity index (χ0n) is 13.6. The van der Waals surface area contributed by atoms with Crippen LogP contribution < -0.4 is 9.64 Å². The normalized spacial score (nSPS) is 16.0. The van der Waals surface area contributed by atoms with Crippen LogP contribution in [0.4, 0.5) is 19.1 Å². The molecule has 0 N–H and O–H groups in total. The first-order chi connectivity index (χ1) is 11.4. The summed E-state index contributed by atoms with van der Waals surface area (Å²) in [6, 6.07) is 1.66. The summed E-state index contributed by atoms with van der Waals surface area (Å²) in [5, 5.41) is 0. The van der Waals surface area contributed by atoms with Gasteiger partial charge < -0.3 is 14.5 Å². The predicted molar refractivity (Wildman–Crippen MR) is 81.9 cm³/mol. The maximum atomic E-state index is 12.2. The number of alkyl halides is 3. The highest BCUT2D eigenvalue weighted by atomic mass is 19.4. The Labute approximate surface area is 138 Å². The molecule has 1 aromatic rings. The molecule has 0 bridgehead atoms. The van der Waals surface area contributed by atoms with E-state index in [0.717, 1.165) is 0 Å². The first-order valence-electron chi connectivity index (χ1n) is 7.94. The van der Waals surface area contributed by atoms with Gasteiger partial charge >= 0.3 is 6.18 Å². The van der Waals surface area contributed by atoms with Crippen LogP contribution in [0.15, 0.2) is 12.3 Å². The van der Waals surface area contributed by atoms with Gasteiger partial charge in [0.25, 0.3) is 0 Å². The van der Waals surface area contributed by atoms with Crippen LogP contribution in [0, 0.1) is 0 Å². The van der Waals surface area contributed by atoms with Gasteiger partial charge in [-0.15, -0.1) is 0 Å². The molecule has 0 unspecified atom stereocenters. The fourth-order valence-corrected chi connectivity index (χ4v) is 2.49. The second-order valence-corrected chi connectivity index (χ2v) is 5.46. The van der Waals surface area contributed by atoms with Crippen molar-refractivity contribution in [2.45, 2.75) is 32.4 Å². The van der Waals surface area contributed by atoms with Crippen LogP contribution in [0.25, 0.3) is 0 Å². The molecular formula is C15H21F3N4O2. The highest BCUT2D eigenvalue weighted by Crippen LogP contribution is 2.22. The molecule has 0 radical (unpaired) electrons. The van der Waals surface area contributed by atoms with Crippen molar-refractivity contribution in [1.29, 1.82) is 0 Å². The predicted octanol–water partition coefficient (Wildman–Crippen LogP) is 2.26. The van der Waals surface area contributed by atoms with E-state index >= 15 is 0 Å². The first-order valence-corrected chi connectivity index (χ1v) is 7.94. The summed E-state index contributed by atoms with van der Waals surface area (Å²) in [6.07, 6.45) is -3.63. The second kappa shape index (κ2) is 8.16. The van der Waals surface area contributed by atoms with E-state index in [1.165, 1.54) is 4.90 Å². The van der Waals surface area contributed by atoms with Gasteiger partial charge in [0.15, 0.2) is 0 Å². The number of carbonyl (C=O) groups excluding carboxylic acids is 1. The minimum atomic E-state index is -4.30. The SMILES string of the molecule is CCOc1ccnc(N2CCCN(C(=O)CCC(F)(F)F)CC2)n1. The number of aromatic nitrogens is 2. The van der Waals surface area contributed by atoms with Crippen LogP contribution in [0.5, 0.6) is 5.88 Å². The minimum Gasteiger partial charge on any atom is -0.478 e. The van der Waals surface area contributed by atoms with Crippen molar-refractivity contribution in [3.8, 4) is 5.88 Å². The lowest BCUT2D eigenvalue weighted by atomic mass is 10.2. The lowest BCUT2D eigenvalue weighted by Gasteiger charge is -2.22. The Bertz CT molecular complexity index is 554. The standard InChI is InChI=1S/C15H21F3N4O2/c1-2-24-12-5-7-19-14(20-12)22-9-3-8-21(10-11-22)13(23)4-6-15(16,17)18/h5,7H,2-4,6,8-11H2,1H3. The molecular weight excluding hydrogens is 325 g/mol. The van der Waals surface area contributed by atoms with Gasteiger partial charge in [-0.25, -0.2) is 4.98 Å². The summed E-state index contributed by atoms with van der Waals surface area (Å²) in [5.41, 5.74) is 0. The monoisotopic (exact) mass is 346 g/mol. The van der Waals surface area contributed by atoms with Gasteiger partial charge in [0.2, 0.25) is 17.7 Å². The summed E-state index contributed by atoms with van der Waals surface area (Å²) in [6.45, 7) is 4.28. The van der Waals surface area contributed by atoms with Crippen molar-refractivity contribution in [3.63, 3.8) is 0 Å². The van der Waals surface area contributed by atoms with Crippen LogP contribution in [-0.4, -0.2) is 59.7 Å². The molecule has 0 atom stereocenters. The van der Waals surface area contributed by atoms with Gasteiger partial charge in [0, 0.05) is 44.9 Å². The van der Waals surface area contributed by atoms with Gasteiger partial charge in [-0.05, 0) is 13.3 Å². The second-order valence-electron chi connectivity index (χ2n) is 5.46. The number of hydrogen-bond donors (Lipinski definition) is 0. The third-order valence-corrected chi connectivity index (χ3v) is 3.66. The van der Waals surface area contributed by atoms with Gasteiger partial charge in [-0.1, -0.05) is 0 Å². The molecule has 1 aromatic heterocycles. The van der Waals surface area contributed by atoms with Crippen LogP contribution in [0.1, 0.15) is 26.2 Å². The molecule has 1 aliphatic heterocycles. The van der Waals surface area contributed by atoms with E-state index in [9.17, 15) is 18.0 Å². The lowest BCUT2D eigenvalue weighted by molar-refractivity contribution is -0.149. The van der Waals surface area contributed by atoms with Crippen molar-refractivity contribution >= 4 is 11.9 Å². The molecule has 6 nitrogen and oxygen atoms in total. The topological polar surface area (TPSA) is 58.6 Å². The molecule has 24 heavy (non-hydrogen) atoms. The Kier molecular flexibility index (Phi) is 6.22. The minimum absolute atomic E-state index is 0.360. The summed E-state index contributed by atoms with van der Waals surface area (Å²) in [5.74, 6) is 0.522. The molecule has 1 aliphatic rings. The maximum absolute atomic E-state index is 12.2. The molecule has 1 amide bonds. The van der Waals surface area contributed by atoms with E-state index in [0.29, 0.717) is 51.0 Å². The van der Waals surface area contributed by atoms with E-state index in [1.807, 2.05) is 11.8 Å². The molecule has 9 heteroatoms. The molecule has 2 heterocycles. The number of nitrogens with zero attached hydrogens (tertiary/aromatic N) is 4. The molecule has 1 fully saturated rings. The molecule has 134 valence electrons. The number of hydrogen-bond acceptors (Lipinski definition) is 5. The number of ether oxygens (including phenoxy) is 1. The van der Waals surface area contributed by atoms with Crippen LogP contribution in [-0.2, 0) is 4.79 Å². The van der Waals surface area contributed by atoms with Gasteiger partial charge in [-0.2, -0.15) is 18.2 Å². The third kappa shape index (κ3) is 5.54. The van der Waals surface area contributed by atoms with Crippen molar-refractivity contribution in [2.24, 2.45) is 0 Å². The molecule has 2 rings (SSSR count). The number of amides is 1. The number of halogens is 3. The van der Waals surface area contributed by atoms with E-state index in [1.54, 1.807) is 12.3 Å². The average Bonchev–Trinajstić information content (AvgIpc) is 2.78.